The minimum absolute atomic E-state index is 0.181. The van der Waals surface area contributed by atoms with Crippen LogP contribution in [0.15, 0.2) is 24.3 Å². The van der Waals surface area contributed by atoms with Gasteiger partial charge in [0.1, 0.15) is 0 Å². The van der Waals surface area contributed by atoms with E-state index in [0.717, 1.165) is 12.8 Å². The summed E-state index contributed by atoms with van der Waals surface area (Å²) in [4.78, 5) is 0. The van der Waals surface area contributed by atoms with Crippen molar-refractivity contribution in [3.8, 4) is 0 Å². The van der Waals surface area contributed by atoms with Gasteiger partial charge in [0.15, 0.2) is 0 Å². The Morgan fingerprint density at radius 2 is 1.23 bits per heavy atom. The largest absolute Gasteiger partial charge is 0.394 e. The third-order valence-electron chi connectivity index (χ3n) is 5.21. The number of hydrogen-bond acceptors (Lipinski definition) is 3. The molecule has 4 heteroatoms. The molecule has 26 heavy (non-hydrogen) atoms. The molecular formula is C22H41NO2Si. The van der Waals surface area contributed by atoms with Crippen LogP contribution in [0.25, 0.3) is 0 Å². The molecule has 0 aliphatic heterocycles. The maximum atomic E-state index is 9.25. The monoisotopic (exact) mass is 379 g/mol. The number of nitrogens with two attached hydrogens (primary N) is 1. The predicted molar refractivity (Wildman–Crippen MR) is 115 cm³/mol. The van der Waals surface area contributed by atoms with E-state index in [4.69, 9.17) is 5.73 Å². The van der Waals surface area contributed by atoms with Crippen molar-refractivity contribution in [2.45, 2.75) is 89.0 Å². The highest BCUT2D eigenvalue weighted by Crippen LogP contribution is 2.17. The van der Waals surface area contributed by atoms with Crippen molar-refractivity contribution in [3.05, 3.63) is 35.4 Å². The molecule has 0 aliphatic carbocycles. The smallest absolute Gasteiger partial charge is 0.0633 e. The lowest BCUT2D eigenvalue weighted by molar-refractivity contribution is 0.115. The van der Waals surface area contributed by atoms with Crippen molar-refractivity contribution >= 4 is 8.07 Å². The second-order valence-electron chi connectivity index (χ2n) is 9.18. The van der Waals surface area contributed by atoms with Crippen LogP contribution in [0.2, 0.25) is 25.7 Å². The van der Waals surface area contributed by atoms with Crippen LogP contribution in [0.4, 0.5) is 0 Å². The zero-order valence-corrected chi connectivity index (χ0v) is 18.3. The second-order valence-corrected chi connectivity index (χ2v) is 14.8. The molecule has 0 aromatic heterocycles. The molecule has 4 N–H and O–H groups in total. The topological polar surface area (TPSA) is 66.5 Å². The Bertz CT molecular complexity index is 478. The van der Waals surface area contributed by atoms with Crippen molar-refractivity contribution in [1.82, 2.24) is 0 Å². The predicted octanol–water partition coefficient (Wildman–Crippen LogP) is 4.52. The fourth-order valence-electron chi connectivity index (χ4n) is 3.17. The molecule has 0 heterocycles. The SMILES string of the molecule is C[Si](C)(C)CCCCCCCCc1ccc(CCC(N)(CO)CO)cc1. The van der Waals surface area contributed by atoms with Crippen molar-refractivity contribution in [2.75, 3.05) is 13.2 Å². The fraction of sp³-hybridized carbons (Fsp3) is 0.727. The first kappa shape index (κ1) is 23.4. The summed E-state index contributed by atoms with van der Waals surface area (Å²) in [7, 11) is -0.834. The Balaban J connectivity index is 2.15. The molecule has 3 nitrogen and oxygen atoms in total. The van der Waals surface area contributed by atoms with Gasteiger partial charge in [-0.2, -0.15) is 0 Å². The summed E-state index contributed by atoms with van der Waals surface area (Å²) >= 11 is 0. The Morgan fingerprint density at radius 3 is 1.73 bits per heavy atom. The van der Waals surface area contributed by atoms with Gasteiger partial charge in [-0.15, -0.1) is 0 Å². The quantitative estimate of drug-likeness (QED) is 0.329. The number of benzene rings is 1. The number of unbranched alkanes of at least 4 members (excludes halogenated alkanes) is 5. The number of hydrogen-bond donors (Lipinski definition) is 3. The molecule has 0 atom stereocenters. The van der Waals surface area contributed by atoms with Crippen LogP contribution in [-0.2, 0) is 12.8 Å². The molecule has 0 saturated carbocycles. The number of rotatable bonds is 14. The lowest BCUT2D eigenvalue weighted by Crippen LogP contribution is -2.47. The molecule has 0 saturated heterocycles. The van der Waals surface area contributed by atoms with Gasteiger partial charge in [-0.25, -0.2) is 0 Å². The van der Waals surface area contributed by atoms with E-state index >= 15 is 0 Å². The first-order chi connectivity index (χ1) is 12.3. The van der Waals surface area contributed by atoms with Crippen molar-refractivity contribution in [2.24, 2.45) is 5.73 Å². The summed E-state index contributed by atoms with van der Waals surface area (Å²) in [6.45, 7) is 7.03. The number of aliphatic hydroxyl groups excluding tert-OH is 2. The molecule has 0 aliphatic rings. The van der Waals surface area contributed by atoms with Gasteiger partial charge in [0.2, 0.25) is 0 Å². The lowest BCUT2D eigenvalue weighted by atomic mass is 9.93. The van der Waals surface area contributed by atoms with Gasteiger partial charge >= 0.3 is 0 Å². The summed E-state index contributed by atoms with van der Waals surface area (Å²) in [5, 5.41) is 18.5. The van der Waals surface area contributed by atoms with Crippen LogP contribution in [0.1, 0.15) is 56.1 Å². The molecule has 0 spiro atoms. The van der Waals surface area contributed by atoms with Crippen LogP contribution in [0.3, 0.4) is 0 Å². The third kappa shape index (κ3) is 10.5. The first-order valence-electron chi connectivity index (χ1n) is 10.4. The molecular weight excluding hydrogens is 338 g/mol. The highest BCUT2D eigenvalue weighted by Gasteiger charge is 2.22. The molecule has 1 rings (SSSR count). The van der Waals surface area contributed by atoms with Crippen LogP contribution in [0.5, 0.6) is 0 Å². The average molecular weight is 380 g/mol. The minimum atomic E-state index is -0.867. The van der Waals surface area contributed by atoms with Crippen LogP contribution >= 0.6 is 0 Å². The lowest BCUT2D eigenvalue weighted by Gasteiger charge is -2.24. The molecule has 0 unspecified atom stereocenters. The molecule has 0 amide bonds. The molecule has 0 bridgehead atoms. The van der Waals surface area contributed by atoms with E-state index in [2.05, 4.69) is 43.9 Å². The Hall–Kier alpha value is -0.683. The number of aliphatic hydroxyl groups is 2. The molecule has 0 fully saturated rings. The fourth-order valence-corrected chi connectivity index (χ4v) is 4.48. The molecule has 1 aromatic rings. The second kappa shape index (κ2) is 11.9. The Morgan fingerprint density at radius 1 is 0.769 bits per heavy atom. The van der Waals surface area contributed by atoms with Crippen molar-refractivity contribution < 1.29 is 10.2 Å². The third-order valence-corrected chi connectivity index (χ3v) is 7.06. The maximum absolute atomic E-state index is 9.25. The van der Waals surface area contributed by atoms with Gasteiger partial charge in [0.05, 0.1) is 18.8 Å². The van der Waals surface area contributed by atoms with E-state index < -0.39 is 13.6 Å². The van der Waals surface area contributed by atoms with E-state index in [1.165, 1.54) is 55.7 Å². The summed E-state index contributed by atoms with van der Waals surface area (Å²) in [5.41, 5.74) is 7.67. The Labute approximate surface area is 162 Å². The number of aryl methyl sites for hydroxylation is 2. The van der Waals surface area contributed by atoms with Gasteiger partial charge in [0.25, 0.3) is 0 Å². The molecule has 150 valence electrons. The van der Waals surface area contributed by atoms with Crippen LogP contribution in [-0.4, -0.2) is 37.0 Å². The standard InChI is InChI=1S/C22H41NO2Si/c1-26(2,3)17-9-7-5-4-6-8-10-20-11-13-21(14-12-20)15-16-22(23,18-24)19-25/h11-14,24-25H,4-10,15-19,23H2,1-3H3. The summed E-state index contributed by atoms with van der Waals surface area (Å²) in [6, 6.07) is 10.2. The van der Waals surface area contributed by atoms with E-state index in [1.807, 2.05) is 0 Å². The van der Waals surface area contributed by atoms with E-state index in [0.29, 0.717) is 6.42 Å². The van der Waals surface area contributed by atoms with Gasteiger partial charge in [-0.3, -0.25) is 0 Å². The highest BCUT2D eigenvalue weighted by atomic mass is 28.3. The maximum Gasteiger partial charge on any atom is 0.0633 e. The zero-order valence-electron chi connectivity index (χ0n) is 17.3. The van der Waals surface area contributed by atoms with Gasteiger partial charge < -0.3 is 15.9 Å². The molecule has 1 aromatic carbocycles. The molecule has 0 radical (unpaired) electrons. The van der Waals surface area contributed by atoms with E-state index in [1.54, 1.807) is 0 Å². The van der Waals surface area contributed by atoms with Crippen LogP contribution < -0.4 is 5.73 Å². The van der Waals surface area contributed by atoms with Crippen molar-refractivity contribution in [3.63, 3.8) is 0 Å². The van der Waals surface area contributed by atoms with E-state index in [-0.39, 0.29) is 13.2 Å². The minimum Gasteiger partial charge on any atom is -0.394 e. The van der Waals surface area contributed by atoms with Crippen LogP contribution in [0, 0.1) is 0 Å². The van der Waals surface area contributed by atoms with Gasteiger partial charge in [-0.1, -0.05) is 82.1 Å². The highest BCUT2D eigenvalue weighted by molar-refractivity contribution is 6.76. The average Bonchev–Trinajstić information content (AvgIpc) is 2.62. The summed E-state index contributed by atoms with van der Waals surface area (Å²) in [5.74, 6) is 0. The van der Waals surface area contributed by atoms with Gasteiger partial charge in [0, 0.05) is 8.07 Å². The normalized spacial score (nSPS) is 12.5. The summed E-state index contributed by atoms with van der Waals surface area (Å²) < 4.78 is 0. The summed E-state index contributed by atoms with van der Waals surface area (Å²) in [6.07, 6.45) is 10.7. The van der Waals surface area contributed by atoms with Crippen molar-refractivity contribution in [1.29, 1.82) is 0 Å². The van der Waals surface area contributed by atoms with Gasteiger partial charge in [-0.05, 0) is 36.8 Å². The first-order valence-corrected chi connectivity index (χ1v) is 14.1. The van der Waals surface area contributed by atoms with E-state index in [9.17, 15) is 10.2 Å². The Kier molecular flexibility index (Phi) is 10.7. The zero-order chi connectivity index (χ0) is 19.5.